The van der Waals surface area contributed by atoms with Crippen LogP contribution >= 0.6 is 0 Å². The molecule has 0 bridgehead atoms. The average molecular weight is 329 g/mol. The van der Waals surface area contributed by atoms with Crippen LogP contribution in [0.1, 0.15) is 36.9 Å². The minimum absolute atomic E-state index is 0.167. The van der Waals surface area contributed by atoms with Gasteiger partial charge in [0.25, 0.3) is 0 Å². The normalized spacial score (nSPS) is 20.6. The van der Waals surface area contributed by atoms with Crippen molar-refractivity contribution >= 4 is 6.03 Å². The lowest BCUT2D eigenvalue weighted by atomic mass is 9.93. The first-order valence-electron chi connectivity index (χ1n) is 8.36. The summed E-state index contributed by atoms with van der Waals surface area (Å²) in [5, 5.41) is 15.5. The van der Waals surface area contributed by atoms with Gasteiger partial charge in [-0.2, -0.15) is 0 Å². The highest BCUT2D eigenvalue weighted by Crippen LogP contribution is 2.19. The molecule has 6 heteroatoms. The van der Waals surface area contributed by atoms with Crippen LogP contribution < -0.4 is 10.6 Å². The number of benzene rings is 1. The van der Waals surface area contributed by atoms with Crippen LogP contribution in [0.15, 0.2) is 34.9 Å². The van der Waals surface area contributed by atoms with E-state index in [2.05, 4.69) is 15.6 Å². The predicted octanol–water partition coefficient (Wildman–Crippen LogP) is 2.75. The van der Waals surface area contributed by atoms with Crippen LogP contribution in [0.3, 0.4) is 0 Å². The molecule has 0 aliphatic heterocycles. The van der Waals surface area contributed by atoms with E-state index < -0.39 is 6.10 Å². The van der Waals surface area contributed by atoms with Crippen LogP contribution in [0.5, 0.6) is 0 Å². The van der Waals surface area contributed by atoms with Crippen molar-refractivity contribution in [1.82, 2.24) is 15.6 Å². The Morgan fingerprint density at radius 1 is 1.29 bits per heavy atom. The van der Waals surface area contributed by atoms with Crippen molar-refractivity contribution in [1.29, 1.82) is 0 Å². The summed E-state index contributed by atoms with van der Waals surface area (Å²) >= 11 is 0. The number of carbonyl (C=O) groups excluding carboxylic acids is 1. The highest BCUT2D eigenvalue weighted by Gasteiger charge is 2.24. The van der Waals surface area contributed by atoms with Gasteiger partial charge >= 0.3 is 6.03 Å². The van der Waals surface area contributed by atoms with E-state index in [-0.39, 0.29) is 18.6 Å². The summed E-state index contributed by atoms with van der Waals surface area (Å²) in [4.78, 5) is 16.3. The minimum atomic E-state index is -0.454. The Hall–Kier alpha value is -2.34. The second-order valence-electron chi connectivity index (χ2n) is 6.30. The number of aliphatic hydroxyl groups excluding tert-OH is 1. The van der Waals surface area contributed by atoms with E-state index >= 15 is 0 Å². The molecule has 2 aromatic rings. The van der Waals surface area contributed by atoms with Crippen LogP contribution in [-0.2, 0) is 6.54 Å². The van der Waals surface area contributed by atoms with Crippen LogP contribution in [0.25, 0.3) is 11.5 Å². The largest absolute Gasteiger partial charge is 0.444 e. The van der Waals surface area contributed by atoms with Crippen molar-refractivity contribution in [2.45, 2.75) is 51.3 Å². The van der Waals surface area contributed by atoms with Gasteiger partial charge in [-0.3, -0.25) is 0 Å². The van der Waals surface area contributed by atoms with Gasteiger partial charge in [-0.15, -0.1) is 0 Å². The van der Waals surface area contributed by atoms with E-state index in [1.807, 2.05) is 31.2 Å². The number of hydrogen-bond acceptors (Lipinski definition) is 4. The molecular weight excluding hydrogens is 306 g/mol. The molecule has 1 heterocycles. The second kappa shape index (κ2) is 7.49. The van der Waals surface area contributed by atoms with Crippen molar-refractivity contribution in [2.24, 2.45) is 0 Å². The van der Waals surface area contributed by atoms with E-state index in [0.29, 0.717) is 11.6 Å². The Labute approximate surface area is 141 Å². The Kier molecular flexibility index (Phi) is 5.15. The molecule has 0 spiro atoms. The van der Waals surface area contributed by atoms with Gasteiger partial charge in [0.15, 0.2) is 0 Å². The van der Waals surface area contributed by atoms with Crippen LogP contribution in [-0.4, -0.2) is 28.3 Å². The highest BCUT2D eigenvalue weighted by molar-refractivity contribution is 5.74. The molecule has 2 unspecified atom stereocenters. The van der Waals surface area contributed by atoms with E-state index in [4.69, 9.17) is 4.42 Å². The Morgan fingerprint density at radius 2 is 2.04 bits per heavy atom. The first-order valence-corrected chi connectivity index (χ1v) is 8.36. The number of nitrogens with zero attached hydrogens (tertiary/aromatic N) is 1. The molecule has 0 saturated heterocycles. The molecule has 1 saturated carbocycles. The summed E-state index contributed by atoms with van der Waals surface area (Å²) in [6, 6.07) is 7.45. The van der Waals surface area contributed by atoms with Crippen molar-refractivity contribution in [3.63, 3.8) is 0 Å². The SMILES string of the molecule is Cc1ccc(-c2nc(CNC(=O)NC3CCCCC3O)co2)cc1. The molecule has 1 aliphatic rings. The third-order valence-electron chi connectivity index (χ3n) is 4.33. The molecule has 1 aliphatic carbocycles. The van der Waals surface area contributed by atoms with Gasteiger partial charge in [0.1, 0.15) is 6.26 Å². The third-order valence-corrected chi connectivity index (χ3v) is 4.33. The molecule has 2 amide bonds. The number of aromatic nitrogens is 1. The molecule has 2 atom stereocenters. The highest BCUT2D eigenvalue weighted by atomic mass is 16.3. The Bertz CT molecular complexity index is 681. The zero-order chi connectivity index (χ0) is 16.9. The number of carbonyl (C=O) groups is 1. The third kappa shape index (κ3) is 4.14. The Balaban J connectivity index is 1.51. The number of urea groups is 1. The molecule has 6 nitrogen and oxygen atoms in total. The fraction of sp³-hybridized carbons (Fsp3) is 0.444. The standard InChI is InChI=1S/C18H23N3O3/c1-12-6-8-13(9-7-12)17-20-14(11-24-17)10-19-18(23)21-15-4-2-3-5-16(15)22/h6-9,11,15-16,22H,2-5,10H2,1H3,(H2,19,21,23). The minimum Gasteiger partial charge on any atom is -0.444 e. The zero-order valence-electron chi connectivity index (χ0n) is 13.8. The van der Waals surface area contributed by atoms with Crippen molar-refractivity contribution < 1.29 is 14.3 Å². The van der Waals surface area contributed by atoms with Crippen LogP contribution in [0.4, 0.5) is 4.79 Å². The lowest BCUT2D eigenvalue weighted by Gasteiger charge is -2.28. The van der Waals surface area contributed by atoms with Gasteiger partial charge in [0.2, 0.25) is 5.89 Å². The maximum Gasteiger partial charge on any atom is 0.315 e. The number of aryl methyl sites for hydroxylation is 1. The molecule has 1 aromatic heterocycles. The molecule has 128 valence electrons. The van der Waals surface area contributed by atoms with Gasteiger partial charge in [0.05, 0.1) is 24.4 Å². The summed E-state index contributed by atoms with van der Waals surface area (Å²) < 4.78 is 5.47. The summed E-state index contributed by atoms with van der Waals surface area (Å²) in [5.41, 5.74) is 2.74. The van der Waals surface area contributed by atoms with Gasteiger partial charge in [-0.05, 0) is 31.9 Å². The van der Waals surface area contributed by atoms with Gasteiger partial charge in [-0.25, -0.2) is 9.78 Å². The average Bonchev–Trinajstić information content (AvgIpc) is 3.05. The van der Waals surface area contributed by atoms with E-state index in [0.717, 1.165) is 31.2 Å². The number of hydrogen-bond donors (Lipinski definition) is 3. The van der Waals surface area contributed by atoms with Crippen molar-refractivity contribution in [3.05, 3.63) is 41.8 Å². The topological polar surface area (TPSA) is 87.4 Å². The number of oxazole rings is 1. The van der Waals surface area contributed by atoms with Crippen molar-refractivity contribution in [2.75, 3.05) is 0 Å². The molecular formula is C18H23N3O3. The fourth-order valence-electron chi connectivity index (χ4n) is 2.89. The number of aliphatic hydroxyl groups is 1. The maximum absolute atomic E-state index is 12.0. The Morgan fingerprint density at radius 3 is 2.79 bits per heavy atom. The molecule has 3 rings (SSSR count). The van der Waals surface area contributed by atoms with Gasteiger partial charge in [0, 0.05) is 5.56 Å². The van der Waals surface area contributed by atoms with E-state index in [1.165, 1.54) is 5.56 Å². The first kappa shape index (κ1) is 16.5. The summed E-state index contributed by atoms with van der Waals surface area (Å²) in [6.07, 6.45) is 4.70. The fourth-order valence-corrected chi connectivity index (χ4v) is 2.89. The van der Waals surface area contributed by atoms with Gasteiger partial charge < -0.3 is 20.2 Å². The number of amides is 2. The van der Waals surface area contributed by atoms with E-state index in [1.54, 1.807) is 6.26 Å². The summed E-state index contributed by atoms with van der Waals surface area (Å²) in [7, 11) is 0. The monoisotopic (exact) mass is 329 g/mol. The second-order valence-corrected chi connectivity index (χ2v) is 6.30. The number of nitrogens with one attached hydrogen (secondary N) is 2. The quantitative estimate of drug-likeness (QED) is 0.805. The molecule has 1 fully saturated rings. The maximum atomic E-state index is 12.0. The van der Waals surface area contributed by atoms with Gasteiger partial charge in [-0.1, -0.05) is 30.5 Å². The molecule has 24 heavy (non-hydrogen) atoms. The lowest BCUT2D eigenvalue weighted by molar-refractivity contribution is 0.0943. The van der Waals surface area contributed by atoms with Crippen LogP contribution in [0.2, 0.25) is 0 Å². The zero-order valence-corrected chi connectivity index (χ0v) is 13.8. The van der Waals surface area contributed by atoms with Crippen LogP contribution in [0, 0.1) is 6.92 Å². The van der Waals surface area contributed by atoms with Crippen molar-refractivity contribution in [3.8, 4) is 11.5 Å². The molecule has 1 aromatic carbocycles. The predicted molar refractivity (Wildman–Crippen MR) is 90.3 cm³/mol. The summed E-state index contributed by atoms with van der Waals surface area (Å²) in [6.45, 7) is 2.31. The molecule has 3 N–H and O–H groups in total. The molecule has 0 radical (unpaired) electrons. The first-order chi connectivity index (χ1) is 11.6. The van der Waals surface area contributed by atoms with E-state index in [9.17, 15) is 9.90 Å². The number of rotatable bonds is 4. The summed E-state index contributed by atoms with van der Waals surface area (Å²) in [5.74, 6) is 0.537. The smallest absolute Gasteiger partial charge is 0.315 e. The lowest BCUT2D eigenvalue weighted by Crippen LogP contribution is -2.48.